The fraction of sp³-hybridized carbons (Fsp3) is 0.0625. The van der Waals surface area contributed by atoms with Crippen molar-refractivity contribution >= 4 is 6.29 Å². The maximum atomic E-state index is 11.2. The van der Waals surface area contributed by atoms with E-state index in [0.717, 1.165) is 16.9 Å². The van der Waals surface area contributed by atoms with Crippen LogP contribution in [-0.4, -0.2) is 26.4 Å². The number of aldehydes is 1. The zero-order valence-corrected chi connectivity index (χ0v) is 11.2. The van der Waals surface area contributed by atoms with Crippen molar-refractivity contribution in [2.75, 3.05) is 0 Å². The van der Waals surface area contributed by atoms with Gasteiger partial charge in [0.25, 0.3) is 0 Å². The molecular weight excluding hydrogens is 266 g/mol. The second-order valence-electron chi connectivity index (χ2n) is 4.63. The molecular formula is C16H13N3O2. The lowest BCUT2D eigenvalue weighted by Gasteiger charge is -2.07. The molecule has 2 aromatic carbocycles. The van der Waals surface area contributed by atoms with Crippen molar-refractivity contribution in [2.45, 2.75) is 6.42 Å². The summed E-state index contributed by atoms with van der Waals surface area (Å²) in [5.74, 6) is 0.180. The third-order valence-electron chi connectivity index (χ3n) is 3.21. The van der Waals surface area contributed by atoms with Crippen molar-refractivity contribution < 1.29 is 9.90 Å². The van der Waals surface area contributed by atoms with Gasteiger partial charge < -0.3 is 5.11 Å². The Labute approximate surface area is 121 Å². The molecule has 5 nitrogen and oxygen atoms in total. The highest BCUT2D eigenvalue weighted by atomic mass is 16.3. The number of hydrogen-bond acceptors (Lipinski definition) is 4. The molecule has 104 valence electrons. The van der Waals surface area contributed by atoms with E-state index < -0.39 is 0 Å². The van der Waals surface area contributed by atoms with E-state index in [1.54, 1.807) is 28.9 Å². The Kier molecular flexibility index (Phi) is 3.47. The molecule has 0 amide bonds. The summed E-state index contributed by atoms with van der Waals surface area (Å²) in [5, 5.41) is 17.3. The van der Waals surface area contributed by atoms with Crippen molar-refractivity contribution in [3.05, 3.63) is 71.5 Å². The Morgan fingerprint density at radius 3 is 2.43 bits per heavy atom. The molecule has 1 heterocycles. The van der Waals surface area contributed by atoms with E-state index in [0.29, 0.717) is 18.4 Å². The molecule has 0 aliphatic heterocycles. The van der Waals surface area contributed by atoms with Gasteiger partial charge in [-0.3, -0.25) is 4.79 Å². The average Bonchev–Trinajstić information content (AvgIpc) is 2.92. The fourth-order valence-electron chi connectivity index (χ4n) is 2.16. The lowest BCUT2D eigenvalue weighted by atomic mass is 10.1. The van der Waals surface area contributed by atoms with Gasteiger partial charge >= 0.3 is 0 Å². The molecule has 0 bridgehead atoms. The molecule has 0 unspecified atom stereocenters. The summed E-state index contributed by atoms with van der Waals surface area (Å²) in [6.07, 6.45) is 1.27. The van der Waals surface area contributed by atoms with E-state index >= 15 is 0 Å². The largest absolute Gasteiger partial charge is 0.508 e. The zero-order valence-electron chi connectivity index (χ0n) is 11.2. The van der Waals surface area contributed by atoms with Gasteiger partial charge in [0.05, 0.1) is 11.4 Å². The number of phenols is 1. The van der Waals surface area contributed by atoms with Gasteiger partial charge in [-0.05, 0) is 29.8 Å². The van der Waals surface area contributed by atoms with Crippen LogP contribution >= 0.6 is 0 Å². The summed E-state index contributed by atoms with van der Waals surface area (Å²) >= 11 is 0. The zero-order chi connectivity index (χ0) is 14.7. The third-order valence-corrected chi connectivity index (χ3v) is 3.21. The summed E-state index contributed by atoms with van der Waals surface area (Å²) in [5.41, 5.74) is 2.87. The molecule has 3 aromatic rings. The number of aromatic nitrogens is 3. The molecule has 0 saturated carbocycles. The first-order chi connectivity index (χ1) is 10.3. The summed E-state index contributed by atoms with van der Waals surface area (Å²) < 4.78 is 1.62. The number of aromatic hydroxyl groups is 1. The highest BCUT2D eigenvalue weighted by molar-refractivity contribution is 5.73. The number of carbonyl (C=O) groups is 1. The highest BCUT2D eigenvalue weighted by Crippen LogP contribution is 2.18. The van der Waals surface area contributed by atoms with Crippen molar-refractivity contribution in [3.8, 4) is 11.4 Å². The van der Waals surface area contributed by atoms with Crippen LogP contribution in [0.3, 0.4) is 0 Å². The topological polar surface area (TPSA) is 68.0 Å². The van der Waals surface area contributed by atoms with E-state index in [1.807, 2.05) is 30.3 Å². The van der Waals surface area contributed by atoms with Crippen LogP contribution in [0.25, 0.3) is 5.69 Å². The molecule has 0 saturated heterocycles. The first kappa shape index (κ1) is 13.1. The van der Waals surface area contributed by atoms with E-state index in [2.05, 4.69) is 10.3 Å². The van der Waals surface area contributed by atoms with Crippen molar-refractivity contribution in [1.29, 1.82) is 0 Å². The van der Waals surface area contributed by atoms with E-state index in [1.165, 1.54) is 0 Å². The maximum absolute atomic E-state index is 11.2. The lowest BCUT2D eigenvalue weighted by Crippen LogP contribution is -2.04. The number of rotatable bonds is 4. The van der Waals surface area contributed by atoms with Crippen LogP contribution in [0.5, 0.6) is 5.75 Å². The molecule has 0 aliphatic carbocycles. The Bertz CT molecular complexity index is 749. The van der Waals surface area contributed by atoms with Crippen molar-refractivity contribution in [2.24, 2.45) is 0 Å². The first-order valence-electron chi connectivity index (χ1n) is 6.51. The third kappa shape index (κ3) is 2.67. The van der Waals surface area contributed by atoms with Crippen LogP contribution in [0.2, 0.25) is 0 Å². The molecule has 0 fully saturated rings. The highest BCUT2D eigenvalue weighted by Gasteiger charge is 2.14. The summed E-state index contributed by atoms with van der Waals surface area (Å²) in [7, 11) is 0. The molecule has 3 rings (SSSR count). The van der Waals surface area contributed by atoms with Gasteiger partial charge in [-0.2, -0.15) is 0 Å². The molecule has 0 spiro atoms. The minimum atomic E-state index is 0.180. The van der Waals surface area contributed by atoms with Crippen LogP contribution < -0.4 is 0 Å². The Morgan fingerprint density at radius 2 is 1.76 bits per heavy atom. The average molecular weight is 279 g/mol. The summed E-state index contributed by atoms with van der Waals surface area (Å²) in [4.78, 5) is 11.2. The Balaban J connectivity index is 2.04. The van der Waals surface area contributed by atoms with Gasteiger partial charge in [-0.15, -0.1) is 5.10 Å². The van der Waals surface area contributed by atoms with Crippen LogP contribution in [0, 0.1) is 0 Å². The van der Waals surface area contributed by atoms with Crippen LogP contribution in [-0.2, 0) is 6.42 Å². The number of phenolic OH excluding ortho intramolecular Hbond substituents is 1. The van der Waals surface area contributed by atoms with Gasteiger partial charge in [-0.1, -0.05) is 35.5 Å². The molecule has 0 atom stereocenters. The lowest BCUT2D eigenvalue weighted by molar-refractivity contribution is 0.111. The number of carbonyl (C=O) groups excluding carboxylic acids is 1. The smallest absolute Gasteiger partial charge is 0.172 e. The van der Waals surface area contributed by atoms with Crippen molar-refractivity contribution in [1.82, 2.24) is 15.0 Å². The second-order valence-corrected chi connectivity index (χ2v) is 4.63. The Hall–Kier alpha value is -2.95. The van der Waals surface area contributed by atoms with E-state index in [-0.39, 0.29) is 5.75 Å². The predicted molar refractivity (Wildman–Crippen MR) is 77.7 cm³/mol. The number of hydrogen-bond donors (Lipinski definition) is 1. The number of nitrogens with zero attached hydrogens (tertiary/aromatic N) is 3. The second kappa shape index (κ2) is 5.58. The van der Waals surface area contributed by atoms with Crippen LogP contribution in [0.15, 0.2) is 54.6 Å². The van der Waals surface area contributed by atoms with E-state index in [9.17, 15) is 9.90 Å². The normalized spacial score (nSPS) is 10.5. The molecule has 0 radical (unpaired) electrons. The van der Waals surface area contributed by atoms with Crippen LogP contribution in [0.4, 0.5) is 0 Å². The monoisotopic (exact) mass is 279 g/mol. The predicted octanol–water partition coefficient (Wildman–Crippen LogP) is 2.38. The molecule has 5 heteroatoms. The minimum Gasteiger partial charge on any atom is -0.508 e. The standard InChI is InChI=1S/C16H13N3O2/c20-11-15-16(10-12-4-2-1-3-5-12)19(18-17-15)13-6-8-14(21)9-7-13/h1-9,11,21H,10H2. The van der Waals surface area contributed by atoms with Gasteiger partial charge in [0.1, 0.15) is 11.4 Å². The first-order valence-corrected chi connectivity index (χ1v) is 6.51. The molecule has 21 heavy (non-hydrogen) atoms. The van der Waals surface area contributed by atoms with Gasteiger partial charge in [0.2, 0.25) is 0 Å². The fourth-order valence-corrected chi connectivity index (χ4v) is 2.16. The number of benzene rings is 2. The van der Waals surface area contributed by atoms with E-state index in [4.69, 9.17) is 0 Å². The SMILES string of the molecule is O=Cc1nnn(-c2ccc(O)cc2)c1Cc1ccccc1. The summed E-state index contributed by atoms with van der Waals surface area (Å²) in [6, 6.07) is 16.4. The van der Waals surface area contributed by atoms with Gasteiger partial charge in [0.15, 0.2) is 6.29 Å². The summed E-state index contributed by atoms with van der Waals surface area (Å²) in [6.45, 7) is 0. The molecule has 1 aromatic heterocycles. The Morgan fingerprint density at radius 1 is 1.05 bits per heavy atom. The molecule has 0 aliphatic rings. The quantitative estimate of drug-likeness (QED) is 0.744. The van der Waals surface area contributed by atoms with Gasteiger partial charge in [-0.25, -0.2) is 4.68 Å². The van der Waals surface area contributed by atoms with Crippen molar-refractivity contribution in [3.63, 3.8) is 0 Å². The maximum Gasteiger partial charge on any atom is 0.172 e. The molecule has 1 N–H and O–H groups in total. The minimum absolute atomic E-state index is 0.180. The van der Waals surface area contributed by atoms with Crippen LogP contribution in [0.1, 0.15) is 21.7 Å². The van der Waals surface area contributed by atoms with Gasteiger partial charge in [0, 0.05) is 6.42 Å².